The van der Waals surface area contributed by atoms with Crippen molar-refractivity contribution in [3.63, 3.8) is 0 Å². The van der Waals surface area contributed by atoms with Gasteiger partial charge in [0.05, 0.1) is 5.02 Å². The Morgan fingerprint density at radius 3 is 2.55 bits per heavy atom. The maximum Gasteiger partial charge on any atom is 0.244 e. The molecule has 0 radical (unpaired) electrons. The highest BCUT2D eigenvalue weighted by molar-refractivity contribution is 7.89. The van der Waals surface area contributed by atoms with Crippen LogP contribution in [-0.2, 0) is 16.6 Å². The highest BCUT2D eigenvalue weighted by atomic mass is 35.5. The number of nitrogens with zero attached hydrogens (tertiary/aromatic N) is 2. The monoisotopic (exact) mass is 311 g/mol. The normalized spacial score (nSPS) is 11.8. The molecule has 0 saturated carbocycles. The zero-order valence-electron chi connectivity index (χ0n) is 10.8. The van der Waals surface area contributed by atoms with E-state index in [0.717, 1.165) is 5.56 Å². The van der Waals surface area contributed by atoms with Crippen molar-refractivity contribution < 1.29 is 8.42 Å². The molecule has 0 bridgehead atoms. The van der Waals surface area contributed by atoms with E-state index in [9.17, 15) is 8.42 Å². The maximum atomic E-state index is 12.4. The van der Waals surface area contributed by atoms with E-state index in [4.69, 9.17) is 17.3 Å². The van der Waals surface area contributed by atoms with E-state index < -0.39 is 10.0 Å². The molecule has 2 rings (SSSR count). The fraction of sp³-hybridized carbons (Fsp3) is 0.154. The van der Waals surface area contributed by atoms with Crippen molar-refractivity contribution in [3.05, 3.63) is 53.2 Å². The quantitative estimate of drug-likeness (QED) is 0.938. The molecule has 0 amide bonds. The van der Waals surface area contributed by atoms with Gasteiger partial charge in [0.1, 0.15) is 10.7 Å². The molecule has 0 spiro atoms. The Morgan fingerprint density at radius 2 is 1.95 bits per heavy atom. The smallest absolute Gasteiger partial charge is 0.244 e. The van der Waals surface area contributed by atoms with Crippen LogP contribution in [0.2, 0.25) is 5.02 Å². The minimum absolute atomic E-state index is 0.0233. The lowest BCUT2D eigenvalue weighted by Gasteiger charge is -2.17. The Morgan fingerprint density at radius 1 is 1.30 bits per heavy atom. The van der Waals surface area contributed by atoms with E-state index in [1.165, 1.54) is 23.6 Å². The number of hydrogen-bond acceptors (Lipinski definition) is 4. The fourth-order valence-corrected chi connectivity index (χ4v) is 3.04. The molecule has 106 valence electrons. The number of anilines is 1. The van der Waals surface area contributed by atoms with Gasteiger partial charge in [0, 0.05) is 19.8 Å². The largest absolute Gasteiger partial charge is 0.382 e. The minimum atomic E-state index is -3.65. The predicted molar refractivity (Wildman–Crippen MR) is 78.8 cm³/mol. The second-order valence-electron chi connectivity index (χ2n) is 4.28. The number of benzene rings is 1. The summed E-state index contributed by atoms with van der Waals surface area (Å²) in [5.74, 6) is 0.108. The van der Waals surface area contributed by atoms with Gasteiger partial charge in [-0.05, 0) is 11.6 Å². The van der Waals surface area contributed by atoms with Gasteiger partial charge < -0.3 is 5.73 Å². The molecule has 1 aromatic carbocycles. The summed E-state index contributed by atoms with van der Waals surface area (Å²) in [6.07, 6.45) is 1.21. The van der Waals surface area contributed by atoms with E-state index >= 15 is 0 Å². The summed E-state index contributed by atoms with van der Waals surface area (Å²) in [5, 5.41) is 0.124. The van der Waals surface area contributed by atoms with Crippen LogP contribution in [0.3, 0.4) is 0 Å². The molecule has 1 aromatic heterocycles. The Hall–Kier alpha value is -1.63. The molecule has 0 saturated heterocycles. The average Bonchev–Trinajstić information content (AvgIpc) is 2.42. The molecule has 0 aliphatic carbocycles. The van der Waals surface area contributed by atoms with Crippen LogP contribution < -0.4 is 5.73 Å². The van der Waals surface area contributed by atoms with Crippen molar-refractivity contribution >= 4 is 27.4 Å². The summed E-state index contributed by atoms with van der Waals surface area (Å²) in [7, 11) is -2.14. The molecule has 2 N–H and O–H groups in total. The van der Waals surface area contributed by atoms with E-state index in [2.05, 4.69) is 4.98 Å². The van der Waals surface area contributed by atoms with E-state index in [0.29, 0.717) is 0 Å². The molecule has 1 heterocycles. The van der Waals surface area contributed by atoms with Crippen molar-refractivity contribution in [2.24, 2.45) is 0 Å². The zero-order chi connectivity index (χ0) is 14.8. The first-order chi connectivity index (χ1) is 9.41. The van der Waals surface area contributed by atoms with Gasteiger partial charge >= 0.3 is 0 Å². The second-order valence-corrected chi connectivity index (χ2v) is 6.74. The first-order valence-electron chi connectivity index (χ1n) is 5.82. The minimum Gasteiger partial charge on any atom is -0.382 e. The number of nitrogen functional groups attached to an aromatic ring is 1. The first kappa shape index (κ1) is 14.8. The summed E-state index contributed by atoms with van der Waals surface area (Å²) in [6.45, 7) is 0.269. The van der Waals surface area contributed by atoms with Crippen LogP contribution in [0.25, 0.3) is 0 Å². The molecule has 0 fully saturated rings. The van der Waals surface area contributed by atoms with Crippen molar-refractivity contribution in [1.29, 1.82) is 0 Å². The van der Waals surface area contributed by atoms with E-state index in [1.807, 2.05) is 30.3 Å². The van der Waals surface area contributed by atoms with Gasteiger partial charge in [0.25, 0.3) is 0 Å². The van der Waals surface area contributed by atoms with Gasteiger partial charge in [-0.15, -0.1) is 0 Å². The third-order valence-electron chi connectivity index (χ3n) is 2.80. The van der Waals surface area contributed by atoms with Crippen LogP contribution in [0.5, 0.6) is 0 Å². The number of rotatable bonds is 4. The third-order valence-corrected chi connectivity index (χ3v) is 4.87. The summed E-state index contributed by atoms with van der Waals surface area (Å²) in [5.41, 5.74) is 6.38. The van der Waals surface area contributed by atoms with Crippen LogP contribution in [0.1, 0.15) is 5.56 Å². The van der Waals surface area contributed by atoms with Gasteiger partial charge in [0.15, 0.2) is 0 Å². The van der Waals surface area contributed by atoms with Crippen molar-refractivity contribution in [3.8, 4) is 0 Å². The first-order valence-corrected chi connectivity index (χ1v) is 7.64. The molecular formula is C13H14ClN3O2S. The average molecular weight is 312 g/mol. The van der Waals surface area contributed by atoms with Crippen LogP contribution in [0, 0.1) is 0 Å². The Balaban J connectivity index is 2.27. The zero-order valence-corrected chi connectivity index (χ0v) is 12.4. The van der Waals surface area contributed by atoms with E-state index in [1.54, 1.807) is 0 Å². The Labute approximate surface area is 123 Å². The lowest BCUT2D eigenvalue weighted by Crippen LogP contribution is -2.26. The third kappa shape index (κ3) is 3.09. The number of halogens is 1. The molecule has 0 unspecified atom stereocenters. The molecule has 20 heavy (non-hydrogen) atoms. The summed E-state index contributed by atoms with van der Waals surface area (Å²) < 4.78 is 26.0. The van der Waals surface area contributed by atoms with Crippen LogP contribution in [0.4, 0.5) is 5.82 Å². The van der Waals surface area contributed by atoms with E-state index in [-0.39, 0.29) is 22.3 Å². The van der Waals surface area contributed by atoms with Gasteiger partial charge in [-0.1, -0.05) is 41.9 Å². The topological polar surface area (TPSA) is 76.3 Å². The van der Waals surface area contributed by atoms with Crippen molar-refractivity contribution in [1.82, 2.24) is 9.29 Å². The maximum absolute atomic E-state index is 12.4. The van der Waals surface area contributed by atoms with Crippen LogP contribution in [0.15, 0.2) is 47.5 Å². The SMILES string of the molecule is CN(Cc1ccccc1)S(=O)(=O)c1cnc(N)c(Cl)c1. The number of pyridine rings is 1. The predicted octanol–water partition coefficient (Wildman–Crippen LogP) is 2.14. The fourth-order valence-electron chi connectivity index (χ4n) is 1.68. The lowest BCUT2D eigenvalue weighted by atomic mass is 10.2. The van der Waals surface area contributed by atoms with Crippen LogP contribution in [-0.4, -0.2) is 24.8 Å². The van der Waals surface area contributed by atoms with Crippen LogP contribution >= 0.6 is 11.6 Å². The molecule has 7 heteroatoms. The lowest BCUT2D eigenvalue weighted by molar-refractivity contribution is 0.466. The van der Waals surface area contributed by atoms with Crippen molar-refractivity contribution in [2.45, 2.75) is 11.4 Å². The number of aromatic nitrogens is 1. The summed E-state index contributed by atoms with van der Waals surface area (Å²) in [6, 6.07) is 10.6. The van der Waals surface area contributed by atoms with Gasteiger partial charge in [-0.2, -0.15) is 4.31 Å². The molecular weight excluding hydrogens is 298 g/mol. The van der Waals surface area contributed by atoms with Gasteiger partial charge in [-0.3, -0.25) is 0 Å². The molecule has 0 atom stereocenters. The molecule has 5 nitrogen and oxygen atoms in total. The summed E-state index contributed by atoms with van der Waals surface area (Å²) >= 11 is 5.81. The number of nitrogens with two attached hydrogens (primary N) is 1. The second kappa shape index (κ2) is 5.78. The molecule has 0 aliphatic heterocycles. The number of hydrogen-bond donors (Lipinski definition) is 1. The van der Waals surface area contributed by atoms with Crippen molar-refractivity contribution in [2.75, 3.05) is 12.8 Å². The summed E-state index contributed by atoms with van der Waals surface area (Å²) in [4.78, 5) is 3.80. The highest BCUT2D eigenvalue weighted by Crippen LogP contribution is 2.22. The molecule has 2 aromatic rings. The highest BCUT2D eigenvalue weighted by Gasteiger charge is 2.22. The van der Waals surface area contributed by atoms with Gasteiger partial charge in [0.2, 0.25) is 10.0 Å². The standard InChI is InChI=1S/C13H14ClN3O2S/c1-17(9-10-5-3-2-4-6-10)20(18,19)11-7-12(14)13(15)16-8-11/h2-8H,9H2,1H3,(H2,15,16). The van der Waals surface area contributed by atoms with Gasteiger partial charge in [-0.25, -0.2) is 13.4 Å². The Kier molecular flexibility index (Phi) is 4.27. The number of sulfonamides is 1. The molecule has 0 aliphatic rings. The Bertz CT molecular complexity index is 705.